The summed E-state index contributed by atoms with van der Waals surface area (Å²) in [5.41, 5.74) is 0.929. The molecule has 16 heavy (non-hydrogen) atoms. The molecule has 0 aromatic heterocycles. The Morgan fingerprint density at radius 2 is 1.75 bits per heavy atom. The van der Waals surface area contributed by atoms with Gasteiger partial charge in [0.1, 0.15) is 5.75 Å². The molecule has 0 N–H and O–H groups in total. The van der Waals surface area contributed by atoms with Crippen LogP contribution in [0, 0.1) is 0 Å². The van der Waals surface area contributed by atoms with Crippen LogP contribution in [0.15, 0.2) is 24.3 Å². The summed E-state index contributed by atoms with van der Waals surface area (Å²) in [6, 6.07) is 7.36. The van der Waals surface area contributed by atoms with Crippen molar-refractivity contribution >= 4 is 25.8 Å². The molecule has 0 fully saturated rings. The van der Waals surface area contributed by atoms with Crippen LogP contribution in [-0.2, 0) is 9.84 Å². The van der Waals surface area contributed by atoms with Crippen LogP contribution in [0.2, 0.25) is 0 Å². The fourth-order valence-corrected chi connectivity index (χ4v) is 3.35. The third kappa shape index (κ3) is 3.22. The molecule has 1 aromatic carbocycles. The molecule has 0 bridgehead atoms. The zero-order chi connectivity index (χ0) is 12.3. The second-order valence-corrected chi connectivity index (χ2v) is 7.10. The largest absolute Gasteiger partial charge is 0.497 e. The maximum Gasteiger partial charge on any atom is 0.151 e. The summed E-state index contributed by atoms with van der Waals surface area (Å²) < 4.78 is 27.9. The summed E-state index contributed by atoms with van der Waals surface area (Å²) >= 11 is 3.41. The summed E-state index contributed by atoms with van der Waals surface area (Å²) in [6.45, 7) is 1.69. The highest BCUT2D eigenvalue weighted by Crippen LogP contribution is 2.31. The summed E-state index contributed by atoms with van der Waals surface area (Å²) in [5.74, 6) is 0.760. The molecular weight excluding hydrogens is 292 g/mol. The Morgan fingerprint density at radius 1 is 1.25 bits per heavy atom. The number of halogens is 1. The van der Waals surface area contributed by atoms with Gasteiger partial charge in [-0.25, -0.2) is 8.42 Å². The van der Waals surface area contributed by atoms with Gasteiger partial charge >= 0.3 is 0 Å². The zero-order valence-corrected chi connectivity index (χ0v) is 11.9. The highest BCUT2D eigenvalue weighted by Gasteiger charge is 2.24. The van der Waals surface area contributed by atoms with Crippen LogP contribution in [0.25, 0.3) is 0 Å². The van der Waals surface area contributed by atoms with Crippen molar-refractivity contribution in [3.63, 3.8) is 0 Å². The minimum Gasteiger partial charge on any atom is -0.497 e. The Hall–Kier alpha value is -0.550. The molecule has 0 aliphatic heterocycles. The minimum atomic E-state index is -3.04. The normalized spacial score (nSPS) is 15.5. The lowest BCUT2D eigenvalue weighted by molar-refractivity contribution is 0.414. The van der Waals surface area contributed by atoms with E-state index in [1.807, 2.05) is 24.3 Å². The number of rotatable bonds is 4. The van der Waals surface area contributed by atoms with E-state index in [-0.39, 0.29) is 4.83 Å². The smallest absolute Gasteiger partial charge is 0.151 e. The number of sulfone groups is 1. The van der Waals surface area contributed by atoms with Crippen LogP contribution in [0.4, 0.5) is 0 Å². The summed E-state index contributed by atoms with van der Waals surface area (Å²) in [5, 5.41) is -0.458. The Morgan fingerprint density at radius 3 is 2.12 bits per heavy atom. The fourth-order valence-electron chi connectivity index (χ4n) is 1.28. The first kappa shape index (κ1) is 13.5. The van der Waals surface area contributed by atoms with E-state index in [0.29, 0.717) is 0 Å². The van der Waals surface area contributed by atoms with Crippen molar-refractivity contribution in [1.82, 2.24) is 0 Å². The summed E-state index contributed by atoms with van der Waals surface area (Å²) in [4.78, 5) is -0.201. The van der Waals surface area contributed by atoms with E-state index in [0.717, 1.165) is 11.3 Å². The third-order valence-corrected chi connectivity index (χ3v) is 5.82. The van der Waals surface area contributed by atoms with Crippen molar-refractivity contribution < 1.29 is 13.2 Å². The lowest BCUT2D eigenvalue weighted by Gasteiger charge is -2.17. The van der Waals surface area contributed by atoms with Crippen LogP contribution in [0.1, 0.15) is 17.3 Å². The average Bonchev–Trinajstić information content (AvgIpc) is 2.26. The van der Waals surface area contributed by atoms with Gasteiger partial charge in [-0.05, 0) is 24.6 Å². The van der Waals surface area contributed by atoms with Crippen molar-refractivity contribution in [3.8, 4) is 5.75 Å². The summed E-state index contributed by atoms with van der Waals surface area (Å²) in [6.07, 6.45) is 1.25. The van der Waals surface area contributed by atoms with Gasteiger partial charge in [-0.3, -0.25) is 0 Å². The molecule has 0 saturated heterocycles. The molecule has 2 atom stereocenters. The van der Waals surface area contributed by atoms with Gasteiger partial charge in [-0.1, -0.05) is 28.1 Å². The van der Waals surface area contributed by atoms with Gasteiger partial charge in [0.05, 0.1) is 17.2 Å². The Kier molecular flexibility index (Phi) is 4.38. The molecule has 0 heterocycles. The highest BCUT2D eigenvalue weighted by atomic mass is 79.9. The molecule has 2 unspecified atom stereocenters. The van der Waals surface area contributed by atoms with E-state index in [1.165, 1.54) is 6.26 Å². The highest BCUT2D eigenvalue weighted by molar-refractivity contribution is 9.09. The van der Waals surface area contributed by atoms with Crippen LogP contribution < -0.4 is 4.74 Å². The fraction of sp³-hybridized carbons (Fsp3) is 0.455. The molecule has 5 heteroatoms. The van der Waals surface area contributed by atoms with Gasteiger partial charge in [0.15, 0.2) is 9.84 Å². The SMILES string of the molecule is COc1ccc(C(Br)C(C)S(C)(=O)=O)cc1. The number of alkyl halides is 1. The molecule has 1 rings (SSSR count). The molecule has 0 saturated carbocycles. The number of hydrogen-bond donors (Lipinski definition) is 0. The predicted molar refractivity (Wildman–Crippen MR) is 69.0 cm³/mol. The summed E-state index contributed by atoms with van der Waals surface area (Å²) in [7, 11) is -1.45. The van der Waals surface area contributed by atoms with E-state index < -0.39 is 15.1 Å². The van der Waals surface area contributed by atoms with Crippen LogP contribution >= 0.6 is 15.9 Å². The number of hydrogen-bond acceptors (Lipinski definition) is 3. The second-order valence-electron chi connectivity index (χ2n) is 3.71. The van der Waals surface area contributed by atoms with Crippen LogP contribution in [0.5, 0.6) is 5.75 Å². The topological polar surface area (TPSA) is 43.4 Å². The number of methoxy groups -OCH3 is 1. The van der Waals surface area contributed by atoms with E-state index in [1.54, 1.807) is 14.0 Å². The van der Waals surface area contributed by atoms with Crippen molar-refractivity contribution in [3.05, 3.63) is 29.8 Å². The molecule has 1 aromatic rings. The van der Waals surface area contributed by atoms with Gasteiger partial charge in [-0.15, -0.1) is 0 Å². The monoisotopic (exact) mass is 306 g/mol. The molecule has 3 nitrogen and oxygen atoms in total. The Balaban J connectivity index is 2.92. The van der Waals surface area contributed by atoms with Crippen molar-refractivity contribution in [1.29, 1.82) is 0 Å². The number of ether oxygens (including phenoxy) is 1. The minimum absolute atomic E-state index is 0.201. The number of benzene rings is 1. The molecule has 0 radical (unpaired) electrons. The van der Waals surface area contributed by atoms with Crippen molar-refractivity contribution in [2.45, 2.75) is 17.0 Å². The van der Waals surface area contributed by atoms with E-state index >= 15 is 0 Å². The van der Waals surface area contributed by atoms with Crippen molar-refractivity contribution in [2.24, 2.45) is 0 Å². The molecule has 0 spiro atoms. The molecule has 0 amide bonds. The van der Waals surface area contributed by atoms with Crippen LogP contribution in [0.3, 0.4) is 0 Å². The van der Waals surface area contributed by atoms with Crippen LogP contribution in [-0.4, -0.2) is 27.0 Å². The Labute approximate surface area is 105 Å². The first-order chi connectivity index (χ1) is 7.36. The van der Waals surface area contributed by atoms with E-state index in [9.17, 15) is 8.42 Å². The Bertz CT molecular complexity index is 439. The van der Waals surface area contributed by atoms with Gasteiger partial charge < -0.3 is 4.74 Å². The van der Waals surface area contributed by atoms with Gasteiger partial charge in [0, 0.05) is 6.26 Å². The first-order valence-electron chi connectivity index (χ1n) is 4.83. The first-order valence-corrected chi connectivity index (χ1v) is 7.70. The quantitative estimate of drug-likeness (QED) is 0.803. The molecule has 90 valence electrons. The third-order valence-electron chi connectivity index (χ3n) is 2.52. The van der Waals surface area contributed by atoms with Crippen molar-refractivity contribution in [2.75, 3.05) is 13.4 Å². The predicted octanol–water partition coefficient (Wildman–Crippen LogP) is 2.56. The maximum absolute atomic E-state index is 11.4. The molecule has 0 aliphatic rings. The van der Waals surface area contributed by atoms with E-state index in [4.69, 9.17) is 4.74 Å². The molecular formula is C11H15BrO3S. The molecule has 0 aliphatic carbocycles. The average molecular weight is 307 g/mol. The van der Waals surface area contributed by atoms with Gasteiger partial charge in [0.25, 0.3) is 0 Å². The van der Waals surface area contributed by atoms with Gasteiger partial charge in [0.2, 0.25) is 0 Å². The standard InChI is InChI=1S/C11H15BrO3S/c1-8(16(3,13)14)11(12)9-4-6-10(15-2)7-5-9/h4-8,11H,1-3H3. The lowest BCUT2D eigenvalue weighted by Crippen LogP contribution is -2.20. The maximum atomic E-state index is 11.4. The van der Waals surface area contributed by atoms with E-state index in [2.05, 4.69) is 15.9 Å². The second kappa shape index (κ2) is 5.19. The zero-order valence-electron chi connectivity index (χ0n) is 9.48. The van der Waals surface area contributed by atoms with Gasteiger partial charge in [-0.2, -0.15) is 0 Å². The lowest BCUT2D eigenvalue weighted by atomic mass is 10.1.